The molecule has 0 bridgehead atoms. The van der Waals surface area contributed by atoms with E-state index in [-0.39, 0.29) is 0 Å². The van der Waals surface area contributed by atoms with Crippen molar-refractivity contribution in [3.05, 3.63) is 35.9 Å². The maximum Gasteiger partial charge on any atom is -0.00148 e. The summed E-state index contributed by atoms with van der Waals surface area (Å²) in [7, 11) is 0. The van der Waals surface area contributed by atoms with Gasteiger partial charge in [-0.1, -0.05) is 62.9 Å². The van der Waals surface area contributed by atoms with Crippen molar-refractivity contribution in [3.8, 4) is 0 Å². The SMILES string of the molecule is CCNCC(Cc1ccccc1)C1CCCC1. The van der Waals surface area contributed by atoms with E-state index >= 15 is 0 Å². The van der Waals surface area contributed by atoms with Crippen molar-refractivity contribution in [2.24, 2.45) is 11.8 Å². The Hall–Kier alpha value is -0.820. The van der Waals surface area contributed by atoms with Crippen LogP contribution < -0.4 is 5.32 Å². The fraction of sp³-hybridized carbons (Fsp3) is 0.625. The molecule has 1 aromatic rings. The minimum Gasteiger partial charge on any atom is -0.317 e. The van der Waals surface area contributed by atoms with Gasteiger partial charge in [0.2, 0.25) is 0 Å². The molecular weight excluding hydrogens is 206 g/mol. The Morgan fingerprint density at radius 2 is 1.88 bits per heavy atom. The van der Waals surface area contributed by atoms with Gasteiger partial charge >= 0.3 is 0 Å². The van der Waals surface area contributed by atoms with Crippen LogP contribution in [0.1, 0.15) is 38.2 Å². The van der Waals surface area contributed by atoms with Gasteiger partial charge in [-0.05, 0) is 36.9 Å². The van der Waals surface area contributed by atoms with Crippen LogP contribution in [0.15, 0.2) is 30.3 Å². The number of nitrogens with one attached hydrogen (secondary N) is 1. The smallest absolute Gasteiger partial charge is 0.00148 e. The number of benzene rings is 1. The predicted octanol–water partition coefficient (Wildman–Crippen LogP) is 3.65. The predicted molar refractivity (Wildman–Crippen MR) is 74.1 cm³/mol. The quantitative estimate of drug-likeness (QED) is 0.788. The summed E-state index contributed by atoms with van der Waals surface area (Å²) >= 11 is 0. The van der Waals surface area contributed by atoms with Gasteiger partial charge in [0, 0.05) is 0 Å². The maximum atomic E-state index is 3.55. The molecule has 1 aliphatic rings. The lowest BCUT2D eigenvalue weighted by atomic mass is 9.85. The first-order valence-corrected chi connectivity index (χ1v) is 7.14. The summed E-state index contributed by atoms with van der Waals surface area (Å²) in [5, 5.41) is 3.55. The van der Waals surface area contributed by atoms with Crippen LogP contribution in [0.4, 0.5) is 0 Å². The molecular formula is C16H25N. The van der Waals surface area contributed by atoms with Gasteiger partial charge in [0.1, 0.15) is 0 Å². The lowest BCUT2D eigenvalue weighted by Gasteiger charge is -2.23. The molecule has 1 fully saturated rings. The fourth-order valence-electron chi connectivity index (χ4n) is 3.08. The minimum absolute atomic E-state index is 0.833. The normalized spacial score (nSPS) is 18.4. The number of hydrogen-bond donors (Lipinski definition) is 1. The van der Waals surface area contributed by atoms with Gasteiger partial charge in [0.05, 0.1) is 0 Å². The van der Waals surface area contributed by atoms with Crippen LogP contribution in [0.5, 0.6) is 0 Å². The molecule has 1 atom stereocenters. The zero-order chi connectivity index (χ0) is 11.9. The first-order valence-electron chi connectivity index (χ1n) is 7.14. The molecule has 1 N–H and O–H groups in total. The van der Waals surface area contributed by atoms with Gasteiger partial charge in [-0.15, -0.1) is 0 Å². The van der Waals surface area contributed by atoms with Gasteiger partial charge in [-0.2, -0.15) is 0 Å². The molecule has 2 rings (SSSR count). The maximum absolute atomic E-state index is 3.55. The molecule has 1 unspecified atom stereocenters. The molecule has 0 saturated heterocycles. The molecule has 1 aromatic carbocycles. The van der Waals surface area contributed by atoms with Crippen molar-refractivity contribution >= 4 is 0 Å². The Labute approximate surface area is 106 Å². The van der Waals surface area contributed by atoms with Gasteiger partial charge < -0.3 is 5.32 Å². The van der Waals surface area contributed by atoms with Crippen molar-refractivity contribution in [1.82, 2.24) is 5.32 Å². The highest BCUT2D eigenvalue weighted by Gasteiger charge is 2.24. The summed E-state index contributed by atoms with van der Waals surface area (Å²) in [4.78, 5) is 0. The molecule has 1 saturated carbocycles. The topological polar surface area (TPSA) is 12.0 Å². The molecule has 1 nitrogen and oxygen atoms in total. The van der Waals surface area contributed by atoms with Crippen LogP contribution in [0.25, 0.3) is 0 Å². The average molecular weight is 231 g/mol. The van der Waals surface area contributed by atoms with Crippen LogP contribution in [-0.4, -0.2) is 13.1 Å². The van der Waals surface area contributed by atoms with Crippen molar-refractivity contribution in [1.29, 1.82) is 0 Å². The largest absolute Gasteiger partial charge is 0.317 e. The Kier molecular flexibility index (Phi) is 5.06. The Balaban J connectivity index is 1.94. The average Bonchev–Trinajstić information content (AvgIpc) is 2.89. The monoisotopic (exact) mass is 231 g/mol. The van der Waals surface area contributed by atoms with Gasteiger partial charge in [0.15, 0.2) is 0 Å². The molecule has 0 radical (unpaired) electrons. The number of rotatable bonds is 6. The minimum atomic E-state index is 0.833. The van der Waals surface area contributed by atoms with Crippen LogP contribution >= 0.6 is 0 Å². The third-order valence-electron chi connectivity index (χ3n) is 4.06. The highest BCUT2D eigenvalue weighted by molar-refractivity contribution is 5.15. The first-order chi connectivity index (χ1) is 8.40. The van der Waals surface area contributed by atoms with E-state index < -0.39 is 0 Å². The Bertz CT molecular complexity index is 301. The van der Waals surface area contributed by atoms with Crippen LogP contribution in [-0.2, 0) is 6.42 Å². The summed E-state index contributed by atoms with van der Waals surface area (Å²) in [6, 6.07) is 11.0. The molecule has 1 aliphatic carbocycles. The van der Waals surface area contributed by atoms with Gasteiger partial charge in [-0.3, -0.25) is 0 Å². The van der Waals surface area contributed by atoms with Crippen LogP contribution in [0.2, 0.25) is 0 Å². The summed E-state index contributed by atoms with van der Waals surface area (Å²) in [5.41, 5.74) is 1.50. The van der Waals surface area contributed by atoms with E-state index in [1.165, 1.54) is 44.2 Å². The lowest BCUT2D eigenvalue weighted by Crippen LogP contribution is -2.28. The molecule has 1 heteroatoms. The molecule has 0 heterocycles. The Morgan fingerprint density at radius 3 is 2.53 bits per heavy atom. The van der Waals surface area contributed by atoms with Crippen LogP contribution in [0.3, 0.4) is 0 Å². The molecule has 0 aromatic heterocycles. The summed E-state index contributed by atoms with van der Waals surface area (Å²) in [6.07, 6.45) is 7.04. The molecule has 0 aliphatic heterocycles. The van der Waals surface area contributed by atoms with E-state index in [1.807, 2.05) is 0 Å². The molecule has 0 amide bonds. The van der Waals surface area contributed by atoms with E-state index in [9.17, 15) is 0 Å². The second-order valence-corrected chi connectivity index (χ2v) is 5.30. The Morgan fingerprint density at radius 1 is 1.18 bits per heavy atom. The zero-order valence-electron chi connectivity index (χ0n) is 11.0. The van der Waals surface area contributed by atoms with E-state index in [0.717, 1.165) is 18.4 Å². The second kappa shape index (κ2) is 6.80. The third kappa shape index (κ3) is 3.85. The number of hydrogen-bond acceptors (Lipinski definition) is 1. The third-order valence-corrected chi connectivity index (χ3v) is 4.06. The fourth-order valence-corrected chi connectivity index (χ4v) is 3.08. The summed E-state index contributed by atoms with van der Waals surface area (Å²) in [6.45, 7) is 4.49. The van der Waals surface area contributed by atoms with Crippen molar-refractivity contribution in [2.75, 3.05) is 13.1 Å². The molecule has 0 spiro atoms. The summed E-state index contributed by atoms with van der Waals surface area (Å²) < 4.78 is 0. The van der Waals surface area contributed by atoms with E-state index in [0.29, 0.717) is 0 Å². The van der Waals surface area contributed by atoms with E-state index in [4.69, 9.17) is 0 Å². The van der Waals surface area contributed by atoms with Gasteiger partial charge in [0.25, 0.3) is 0 Å². The lowest BCUT2D eigenvalue weighted by molar-refractivity contribution is 0.323. The van der Waals surface area contributed by atoms with Gasteiger partial charge in [-0.25, -0.2) is 0 Å². The first kappa shape index (κ1) is 12.6. The van der Waals surface area contributed by atoms with Crippen molar-refractivity contribution in [2.45, 2.75) is 39.0 Å². The highest BCUT2D eigenvalue weighted by Crippen LogP contribution is 2.32. The van der Waals surface area contributed by atoms with Crippen molar-refractivity contribution in [3.63, 3.8) is 0 Å². The zero-order valence-corrected chi connectivity index (χ0v) is 11.0. The molecule has 17 heavy (non-hydrogen) atoms. The van der Waals surface area contributed by atoms with E-state index in [1.54, 1.807) is 0 Å². The van der Waals surface area contributed by atoms with Crippen molar-refractivity contribution < 1.29 is 0 Å². The molecule has 94 valence electrons. The standard InChI is InChI=1S/C16H25N/c1-2-17-13-16(15-10-6-7-11-15)12-14-8-4-3-5-9-14/h3-5,8-9,15-17H,2,6-7,10-13H2,1H3. The summed E-state index contributed by atoms with van der Waals surface area (Å²) in [5.74, 6) is 1.79. The second-order valence-electron chi connectivity index (χ2n) is 5.30. The van der Waals surface area contributed by atoms with E-state index in [2.05, 4.69) is 42.6 Å². The van der Waals surface area contributed by atoms with Crippen LogP contribution in [0, 0.1) is 11.8 Å². The highest BCUT2D eigenvalue weighted by atomic mass is 14.8.